The summed E-state index contributed by atoms with van der Waals surface area (Å²) in [6.07, 6.45) is 1.50. The van der Waals surface area contributed by atoms with Crippen LogP contribution in [0, 0.1) is 11.3 Å². The van der Waals surface area contributed by atoms with E-state index in [9.17, 15) is 0 Å². The van der Waals surface area contributed by atoms with Gasteiger partial charge in [-0.1, -0.05) is 44.2 Å². The molecule has 3 unspecified atom stereocenters. The third-order valence-electron chi connectivity index (χ3n) is 4.68. The molecule has 1 saturated heterocycles. The normalized spacial score (nSPS) is 31.5. The maximum Gasteiger partial charge on any atom is 0.189 e. The summed E-state index contributed by atoms with van der Waals surface area (Å²) in [6.45, 7) is 5.97. The van der Waals surface area contributed by atoms with Crippen molar-refractivity contribution in [3.63, 3.8) is 0 Å². The van der Waals surface area contributed by atoms with E-state index in [1.165, 1.54) is 5.56 Å². The highest BCUT2D eigenvalue weighted by atomic mass is 16.5. The zero-order valence-electron chi connectivity index (χ0n) is 12.2. The zero-order chi connectivity index (χ0) is 14.2. The van der Waals surface area contributed by atoms with Crippen LogP contribution < -0.4 is 11.1 Å². The summed E-state index contributed by atoms with van der Waals surface area (Å²) < 4.78 is 5.79. The molecule has 1 saturated carbocycles. The molecule has 4 nitrogen and oxygen atoms in total. The van der Waals surface area contributed by atoms with Crippen LogP contribution in [0.1, 0.15) is 25.8 Å². The van der Waals surface area contributed by atoms with Gasteiger partial charge in [0.1, 0.15) is 0 Å². The topological polar surface area (TPSA) is 59.6 Å². The maximum absolute atomic E-state index is 6.03. The Morgan fingerprint density at radius 1 is 1.40 bits per heavy atom. The van der Waals surface area contributed by atoms with Crippen molar-refractivity contribution in [3.8, 4) is 0 Å². The van der Waals surface area contributed by atoms with Crippen LogP contribution in [-0.4, -0.2) is 24.7 Å². The molecule has 0 spiro atoms. The molecule has 2 aliphatic rings. The number of nitrogens with one attached hydrogen (secondary N) is 1. The molecule has 0 aromatic heterocycles. The smallest absolute Gasteiger partial charge is 0.189 e. The Morgan fingerprint density at radius 3 is 2.90 bits per heavy atom. The van der Waals surface area contributed by atoms with Gasteiger partial charge in [-0.3, -0.25) is 0 Å². The van der Waals surface area contributed by atoms with Crippen LogP contribution in [0.3, 0.4) is 0 Å². The fraction of sp³-hybridized carbons (Fsp3) is 0.562. The molecule has 20 heavy (non-hydrogen) atoms. The first-order chi connectivity index (χ1) is 9.59. The number of benzene rings is 1. The van der Waals surface area contributed by atoms with E-state index in [0.717, 1.165) is 13.0 Å². The summed E-state index contributed by atoms with van der Waals surface area (Å²) in [7, 11) is 0. The molecular formula is C16H23N3O. The van der Waals surface area contributed by atoms with Crippen molar-refractivity contribution >= 4 is 5.96 Å². The number of rotatable bonds is 3. The van der Waals surface area contributed by atoms with Crippen molar-refractivity contribution in [3.05, 3.63) is 35.9 Å². The van der Waals surface area contributed by atoms with Gasteiger partial charge in [0.15, 0.2) is 5.96 Å². The molecule has 1 aromatic rings. The van der Waals surface area contributed by atoms with Crippen LogP contribution in [0.4, 0.5) is 0 Å². The number of nitrogens with two attached hydrogens (primary N) is 1. The predicted molar refractivity (Wildman–Crippen MR) is 80.3 cm³/mol. The molecule has 4 heteroatoms. The summed E-state index contributed by atoms with van der Waals surface area (Å²) in [5.74, 6) is 1.12. The number of ether oxygens (including phenoxy) is 1. The molecule has 108 valence electrons. The van der Waals surface area contributed by atoms with Gasteiger partial charge in [0, 0.05) is 24.0 Å². The minimum absolute atomic E-state index is 0.133. The first kappa shape index (κ1) is 13.4. The third-order valence-corrected chi connectivity index (χ3v) is 4.68. The number of nitrogens with zero attached hydrogens (tertiary/aromatic N) is 1. The lowest BCUT2D eigenvalue weighted by molar-refractivity contribution is -0.106. The Hall–Kier alpha value is -1.55. The number of hydrogen-bond donors (Lipinski definition) is 2. The standard InChI is InChI=1S/C16H23N3O/c1-16(2)13(12-8-9-20-14(12)16)19-15(17)18-10-11-6-4-3-5-7-11/h3-7,12-14H,8-10H2,1-2H3,(H3,17,18,19). The lowest BCUT2D eigenvalue weighted by atomic mass is 9.57. The van der Waals surface area contributed by atoms with E-state index in [4.69, 9.17) is 10.5 Å². The highest BCUT2D eigenvalue weighted by molar-refractivity contribution is 5.78. The molecule has 2 fully saturated rings. The van der Waals surface area contributed by atoms with E-state index < -0.39 is 0 Å². The van der Waals surface area contributed by atoms with E-state index in [-0.39, 0.29) is 5.41 Å². The quantitative estimate of drug-likeness (QED) is 0.653. The minimum atomic E-state index is 0.133. The highest BCUT2D eigenvalue weighted by Gasteiger charge is 2.59. The van der Waals surface area contributed by atoms with E-state index in [1.54, 1.807) is 0 Å². The Kier molecular flexibility index (Phi) is 3.42. The third kappa shape index (κ3) is 2.29. The average Bonchev–Trinajstić information content (AvgIpc) is 2.91. The van der Waals surface area contributed by atoms with Gasteiger partial charge < -0.3 is 15.8 Å². The fourth-order valence-electron chi connectivity index (χ4n) is 3.58. The second-order valence-corrected chi connectivity index (χ2v) is 6.37. The SMILES string of the molecule is CC1(C)C(NC(N)=NCc2ccccc2)C2CCOC21. The Labute approximate surface area is 120 Å². The molecule has 1 aliphatic carbocycles. The van der Waals surface area contributed by atoms with Crippen molar-refractivity contribution in [2.75, 3.05) is 6.61 Å². The van der Waals surface area contributed by atoms with Gasteiger partial charge in [0.25, 0.3) is 0 Å². The van der Waals surface area contributed by atoms with Gasteiger partial charge >= 0.3 is 0 Å². The molecule has 1 aromatic carbocycles. The zero-order valence-corrected chi connectivity index (χ0v) is 12.2. The Morgan fingerprint density at radius 2 is 2.15 bits per heavy atom. The summed E-state index contributed by atoms with van der Waals surface area (Å²) in [5, 5.41) is 3.40. The van der Waals surface area contributed by atoms with Crippen molar-refractivity contribution in [2.45, 2.75) is 39.0 Å². The van der Waals surface area contributed by atoms with Crippen LogP contribution in [-0.2, 0) is 11.3 Å². The number of aliphatic imine (C=N–C) groups is 1. The van der Waals surface area contributed by atoms with Crippen molar-refractivity contribution in [2.24, 2.45) is 22.1 Å². The van der Waals surface area contributed by atoms with Crippen molar-refractivity contribution in [1.29, 1.82) is 0 Å². The fourth-order valence-corrected chi connectivity index (χ4v) is 3.58. The lowest BCUT2D eigenvalue weighted by Crippen LogP contribution is -2.67. The number of guanidine groups is 1. The summed E-state index contributed by atoms with van der Waals surface area (Å²) in [6, 6.07) is 10.5. The van der Waals surface area contributed by atoms with E-state index in [1.807, 2.05) is 18.2 Å². The minimum Gasteiger partial charge on any atom is -0.377 e. The first-order valence-corrected chi connectivity index (χ1v) is 7.31. The van der Waals surface area contributed by atoms with Crippen LogP contribution in [0.2, 0.25) is 0 Å². The monoisotopic (exact) mass is 273 g/mol. The first-order valence-electron chi connectivity index (χ1n) is 7.31. The molecule has 1 aliphatic heterocycles. The van der Waals surface area contributed by atoms with Crippen LogP contribution in [0.25, 0.3) is 0 Å². The van der Waals surface area contributed by atoms with Crippen molar-refractivity contribution in [1.82, 2.24) is 5.32 Å². The van der Waals surface area contributed by atoms with Gasteiger partial charge in [0.05, 0.1) is 12.6 Å². The second-order valence-electron chi connectivity index (χ2n) is 6.37. The van der Waals surface area contributed by atoms with Gasteiger partial charge in [-0.15, -0.1) is 0 Å². The molecule has 3 rings (SSSR count). The highest BCUT2D eigenvalue weighted by Crippen LogP contribution is 2.51. The van der Waals surface area contributed by atoms with Crippen LogP contribution in [0.15, 0.2) is 35.3 Å². The molecule has 0 radical (unpaired) electrons. The summed E-state index contributed by atoms with van der Waals surface area (Å²) >= 11 is 0. The molecule has 3 N–H and O–H groups in total. The van der Waals surface area contributed by atoms with Gasteiger partial charge in [-0.25, -0.2) is 4.99 Å². The number of fused-ring (bicyclic) bond motifs is 1. The Balaban J connectivity index is 1.60. The van der Waals surface area contributed by atoms with Crippen LogP contribution >= 0.6 is 0 Å². The largest absolute Gasteiger partial charge is 0.377 e. The Bertz CT molecular complexity index is 498. The summed E-state index contributed by atoms with van der Waals surface area (Å²) in [5.41, 5.74) is 7.34. The second kappa shape index (κ2) is 5.09. The molecule has 0 bridgehead atoms. The molecule has 3 atom stereocenters. The van der Waals surface area contributed by atoms with E-state index in [0.29, 0.717) is 30.6 Å². The number of hydrogen-bond acceptors (Lipinski definition) is 2. The molecule has 1 heterocycles. The van der Waals surface area contributed by atoms with E-state index in [2.05, 4.69) is 36.3 Å². The van der Waals surface area contributed by atoms with Gasteiger partial charge in [-0.2, -0.15) is 0 Å². The maximum atomic E-state index is 6.03. The lowest BCUT2D eigenvalue weighted by Gasteiger charge is -2.54. The van der Waals surface area contributed by atoms with E-state index >= 15 is 0 Å². The molecule has 0 amide bonds. The van der Waals surface area contributed by atoms with Crippen LogP contribution in [0.5, 0.6) is 0 Å². The van der Waals surface area contributed by atoms with Gasteiger partial charge in [-0.05, 0) is 12.0 Å². The summed E-state index contributed by atoms with van der Waals surface area (Å²) in [4.78, 5) is 4.44. The average molecular weight is 273 g/mol. The molecular weight excluding hydrogens is 250 g/mol. The van der Waals surface area contributed by atoms with Gasteiger partial charge in [0.2, 0.25) is 0 Å². The van der Waals surface area contributed by atoms with Crippen molar-refractivity contribution < 1.29 is 4.74 Å². The predicted octanol–water partition coefficient (Wildman–Crippen LogP) is 1.90.